The second-order valence-electron chi connectivity index (χ2n) is 6.31. The van der Waals surface area contributed by atoms with E-state index in [4.69, 9.17) is 0 Å². The number of carbonyl (C=O) groups excluding carboxylic acids is 2. The first-order chi connectivity index (χ1) is 13.0. The molecule has 1 aliphatic heterocycles. The number of amides is 3. The van der Waals surface area contributed by atoms with Gasteiger partial charge in [-0.05, 0) is 36.6 Å². The minimum absolute atomic E-state index is 0.0374. The minimum Gasteiger partial charge on any atom is -0.339 e. The Morgan fingerprint density at radius 1 is 1.07 bits per heavy atom. The number of urea groups is 1. The topological polar surface area (TPSA) is 105 Å². The molecule has 3 amide bonds. The number of nitro benzene ring substituents is 1. The third-order valence-corrected chi connectivity index (χ3v) is 4.36. The number of hydrogen-bond donors (Lipinski definition) is 2. The molecule has 1 aliphatic rings. The van der Waals surface area contributed by atoms with E-state index in [1.165, 1.54) is 18.2 Å². The van der Waals surface area contributed by atoms with Gasteiger partial charge in [-0.2, -0.15) is 0 Å². The predicted molar refractivity (Wildman–Crippen MR) is 101 cm³/mol. The molecular formula is C19H20N4O4. The van der Waals surface area contributed by atoms with Crippen LogP contribution in [0.15, 0.2) is 48.5 Å². The number of non-ortho nitro benzene ring substituents is 1. The van der Waals surface area contributed by atoms with Crippen molar-refractivity contribution in [2.75, 3.05) is 18.4 Å². The Kier molecular flexibility index (Phi) is 5.65. The van der Waals surface area contributed by atoms with Gasteiger partial charge in [-0.15, -0.1) is 0 Å². The number of anilines is 1. The molecule has 0 spiro atoms. The highest BCUT2D eigenvalue weighted by molar-refractivity contribution is 5.94. The summed E-state index contributed by atoms with van der Waals surface area (Å²) < 4.78 is 0. The summed E-state index contributed by atoms with van der Waals surface area (Å²) in [5.74, 6) is 0.0374. The zero-order valence-electron chi connectivity index (χ0n) is 14.7. The molecule has 1 saturated heterocycles. The molecule has 0 atom stereocenters. The number of benzene rings is 2. The van der Waals surface area contributed by atoms with Gasteiger partial charge in [0.15, 0.2) is 0 Å². The van der Waals surface area contributed by atoms with E-state index in [0.717, 1.165) is 31.5 Å². The molecule has 2 aromatic rings. The number of likely N-dealkylation sites (tertiary alicyclic amines) is 1. The molecule has 2 N–H and O–H groups in total. The first-order valence-electron chi connectivity index (χ1n) is 8.70. The van der Waals surface area contributed by atoms with Crippen LogP contribution in [0.2, 0.25) is 0 Å². The van der Waals surface area contributed by atoms with Crippen molar-refractivity contribution < 1.29 is 14.5 Å². The lowest BCUT2D eigenvalue weighted by Gasteiger charge is -2.15. The highest BCUT2D eigenvalue weighted by Gasteiger charge is 2.19. The standard InChI is InChI=1S/C19H20N4O4/c24-18(22-10-1-2-11-22)15-8-6-14(7-9-15)13-20-19(25)21-16-4-3-5-17(12-16)23(26)27/h3-9,12H,1-2,10-11,13H2,(H2,20,21,25). The van der Waals surface area contributed by atoms with E-state index in [1.54, 1.807) is 30.3 Å². The van der Waals surface area contributed by atoms with Gasteiger partial charge in [0, 0.05) is 43.0 Å². The normalized spacial score (nSPS) is 13.3. The molecule has 8 nitrogen and oxygen atoms in total. The lowest BCUT2D eigenvalue weighted by atomic mass is 10.1. The fourth-order valence-electron chi connectivity index (χ4n) is 2.92. The summed E-state index contributed by atoms with van der Waals surface area (Å²) in [5.41, 5.74) is 1.74. The van der Waals surface area contributed by atoms with Crippen LogP contribution in [0.5, 0.6) is 0 Å². The van der Waals surface area contributed by atoms with Gasteiger partial charge < -0.3 is 15.5 Å². The first-order valence-corrected chi connectivity index (χ1v) is 8.70. The Balaban J connectivity index is 1.52. The van der Waals surface area contributed by atoms with Crippen LogP contribution >= 0.6 is 0 Å². The molecular weight excluding hydrogens is 348 g/mol. The van der Waals surface area contributed by atoms with Crippen molar-refractivity contribution in [2.45, 2.75) is 19.4 Å². The third-order valence-electron chi connectivity index (χ3n) is 4.36. The molecule has 1 fully saturated rings. The molecule has 27 heavy (non-hydrogen) atoms. The van der Waals surface area contributed by atoms with Crippen molar-refractivity contribution in [1.82, 2.24) is 10.2 Å². The molecule has 0 radical (unpaired) electrons. The van der Waals surface area contributed by atoms with Crippen molar-refractivity contribution >= 4 is 23.3 Å². The predicted octanol–water partition coefficient (Wildman–Crippen LogP) is 3.15. The molecule has 8 heteroatoms. The van der Waals surface area contributed by atoms with Gasteiger partial charge in [-0.3, -0.25) is 14.9 Å². The second-order valence-corrected chi connectivity index (χ2v) is 6.31. The van der Waals surface area contributed by atoms with Crippen molar-refractivity contribution in [3.05, 3.63) is 69.8 Å². The Bertz CT molecular complexity index is 845. The van der Waals surface area contributed by atoms with Crippen molar-refractivity contribution in [2.24, 2.45) is 0 Å². The van der Waals surface area contributed by atoms with Crippen LogP contribution in [0.4, 0.5) is 16.2 Å². The number of nitrogens with zero attached hydrogens (tertiary/aromatic N) is 2. The summed E-state index contributed by atoms with van der Waals surface area (Å²) in [5, 5.41) is 16.0. The average Bonchev–Trinajstić information content (AvgIpc) is 3.21. The zero-order chi connectivity index (χ0) is 19.2. The molecule has 0 aliphatic carbocycles. The van der Waals surface area contributed by atoms with Crippen LogP contribution in [0.25, 0.3) is 0 Å². The van der Waals surface area contributed by atoms with Crippen LogP contribution in [-0.4, -0.2) is 34.9 Å². The molecule has 1 heterocycles. The Hall–Kier alpha value is -3.42. The highest BCUT2D eigenvalue weighted by Crippen LogP contribution is 2.17. The summed E-state index contributed by atoms with van der Waals surface area (Å²) >= 11 is 0. The number of carbonyl (C=O) groups is 2. The van der Waals surface area contributed by atoms with Gasteiger partial charge in [0.05, 0.1) is 4.92 Å². The number of rotatable bonds is 5. The monoisotopic (exact) mass is 368 g/mol. The second kappa shape index (κ2) is 8.31. The van der Waals surface area contributed by atoms with E-state index in [1.807, 2.05) is 4.90 Å². The third kappa shape index (κ3) is 4.81. The largest absolute Gasteiger partial charge is 0.339 e. The van der Waals surface area contributed by atoms with E-state index in [0.29, 0.717) is 11.3 Å². The summed E-state index contributed by atoms with van der Waals surface area (Å²) in [6.07, 6.45) is 2.10. The van der Waals surface area contributed by atoms with Gasteiger partial charge in [-0.1, -0.05) is 18.2 Å². The molecule has 2 aromatic carbocycles. The van der Waals surface area contributed by atoms with Gasteiger partial charge in [0.1, 0.15) is 0 Å². The van der Waals surface area contributed by atoms with Crippen molar-refractivity contribution in [3.8, 4) is 0 Å². The molecule has 0 bridgehead atoms. The maximum Gasteiger partial charge on any atom is 0.319 e. The molecule has 0 saturated carbocycles. The average molecular weight is 368 g/mol. The smallest absolute Gasteiger partial charge is 0.319 e. The molecule has 3 rings (SSSR count). The highest BCUT2D eigenvalue weighted by atomic mass is 16.6. The van der Waals surface area contributed by atoms with Gasteiger partial charge >= 0.3 is 6.03 Å². The lowest BCUT2D eigenvalue weighted by molar-refractivity contribution is -0.384. The Labute approximate surface area is 156 Å². The fraction of sp³-hybridized carbons (Fsp3) is 0.263. The van der Waals surface area contributed by atoms with Crippen LogP contribution in [0.3, 0.4) is 0 Å². The minimum atomic E-state index is -0.520. The van der Waals surface area contributed by atoms with E-state index < -0.39 is 11.0 Å². The zero-order valence-corrected chi connectivity index (χ0v) is 14.7. The van der Waals surface area contributed by atoms with E-state index >= 15 is 0 Å². The lowest BCUT2D eigenvalue weighted by Crippen LogP contribution is -2.28. The van der Waals surface area contributed by atoms with E-state index in [2.05, 4.69) is 10.6 Å². The Morgan fingerprint density at radius 3 is 2.44 bits per heavy atom. The van der Waals surface area contributed by atoms with Crippen LogP contribution in [0.1, 0.15) is 28.8 Å². The van der Waals surface area contributed by atoms with Gasteiger partial charge in [0.25, 0.3) is 11.6 Å². The van der Waals surface area contributed by atoms with Crippen molar-refractivity contribution in [3.63, 3.8) is 0 Å². The maximum absolute atomic E-state index is 12.3. The fourth-order valence-corrected chi connectivity index (χ4v) is 2.92. The molecule has 140 valence electrons. The number of nitro groups is 1. The van der Waals surface area contributed by atoms with E-state index in [-0.39, 0.29) is 18.1 Å². The quantitative estimate of drug-likeness (QED) is 0.625. The van der Waals surface area contributed by atoms with Crippen LogP contribution in [-0.2, 0) is 6.54 Å². The molecule has 0 aromatic heterocycles. The van der Waals surface area contributed by atoms with Crippen molar-refractivity contribution in [1.29, 1.82) is 0 Å². The summed E-state index contributed by atoms with van der Waals surface area (Å²) in [4.78, 5) is 36.4. The summed E-state index contributed by atoms with van der Waals surface area (Å²) in [7, 11) is 0. The SMILES string of the molecule is O=C(NCc1ccc(C(=O)N2CCCC2)cc1)Nc1cccc([N+](=O)[O-])c1. The van der Waals surface area contributed by atoms with E-state index in [9.17, 15) is 19.7 Å². The first kappa shape index (κ1) is 18.4. The van der Waals surface area contributed by atoms with Gasteiger partial charge in [0.2, 0.25) is 0 Å². The maximum atomic E-state index is 12.3. The Morgan fingerprint density at radius 2 is 1.78 bits per heavy atom. The molecule has 0 unspecified atom stereocenters. The van der Waals surface area contributed by atoms with Crippen LogP contribution in [0, 0.1) is 10.1 Å². The number of hydrogen-bond acceptors (Lipinski definition) is 4. The summed E-state index contributed by atoms with van der Waals surface area (Å²) in [6.45, 7) is 1.89. The number of nitrogens with one attached hydrogen (secondary N) is 2. The van der Waals surface area contributed by atoms with Gasteiger partial charge in [-0.25, -0.2) is 4.79 Å². The summed E-state index contributed by atoms with van der Waals surface area (Å²) in [6, 6.07) is 12.4. The van der Waals surface area contributed by atoms with Crippen LogP contribution < -0.4 is 10.6 Å².